The van der Waals surface area contributed by atoms with E-state index in [2.05, 4.69) is 12.2 Å². The second-order valence-corrected chi connectivity index (χ2v) is 5.62. The van der Waals surface area contributed by atoms with Gasteiger partial charge in [0.05, 0.1) is 11.9 Å². The molecule has 5 heteroatoms. The van der Waals surface area contributed by atoms with Crippen LogP contribution >= 0.6 is 11.8 Å². The Balaban J connectivity index is 1.78. The van der Waals surface area contributed by atoms with Crippen LogP contribution in [0.4, 0.5) is 11.4 Å². The molecule has 0 aliphatic carbocycles. The van der Waals surface area contributed by atoms with Gasteiger partial charge in [0.25, 0.3) is 0 Å². The summed E-state index contributed by atoms with van der Waals surface area (Å²) in [5, 5.41) is 3.27. The molecule has 2 rings (SSSR count). The number of nitrogens with one attached hydrogen (secondary N) is 1. The van der Waals surface area contributed by atoms with E-state index in [1.807, 2.05) is 12.1 Å². The minimum absolute atomic E-state index is 0.00435. The predicted molar refractivity (Wildman–Crippen MR) is 75.8 cm³/mol. The van der Waals surface area contributed by atoms with Gasteiger partial charge in [0.15, 0.2) is 0 Å². The lowest BCUT2D eigenvalue weighted by Gasteiger charge is -2.13. The number of nitrogens with two attached hydrogens (primary N) is 1. The molecule has 1 amide bonds. The zero-order valence-electron chi connectivity index (χ0n) is 10.4. The van der Waals surface area contributed by atoms with Crippen LogP contribution in [0.5, 0.6) is 0 Å². The molecule has 0 saturated carbocycles. The first kappa shape index (κ1) is 13.2. The molecule has 1 saturated heterocycles. The molecule has 0 bridgehead atoms. The third-order valence-corrected chi connectivity index (χ3v) is 4.38. The van der Waals surface area contributed by atoms with Crippen LogP contribution in [0, 0.1) is 0 Å². The lowest BCUT2D eigenvalue weighted by Crippen LogP contribution is -2.19. The van der Waals surface area contributed by atoms with Gasteiger partial charge in [-0.1, -0.05) is 6.07 Å². The van der Waals surface area contributed by atoms with Gasteiger partial charge in [-0.2, -0.15) is 0 Å². The van der Waals surface area contributed by atoms with E-state index in [4.69, 9.17) is 10.5 Å². The molecule has 1 aromatic rings. The smallest absolute Gasteiger partial charge is 0.234 e. The lowest BCUT2D eigenvalue weighted by molar-refractivity contribution is -0.113. The number of carbonyl (C=O) groups excluding carboxylic acids is 1. The molecule has 1 heterocycles. The van der Waals surface area contributed by atoms with Crippen molar-refractivity contribution in [1.29, 1.82) is 0 Å². The van der Waals surface area contributed by atoms with Gasteiger partial charge in [-0.25, -0.2) is 0 Å². The Morgan fingerprint density at radius 3 is 3.11 bits per heavy atom. The predicted octanol–water partition coefficient (Wildman–Crippen LogP) is 2.12. The average molecular weight is 266 g/mol. The Morgan fingerprint density at radius 2 is 2.44 bits per heavy atom. The Labute approximate surface area is 111 Å². The fourth-order valence-electron chi connectivity index (χ4n) is 1.93. The molecule has 1 aliphatic heterocycles. The summed E-state index contributed by atoms with van der Waals surface area (Å²) in [5.74, 6) is 0.456. The van der Waals surface area contributed by atoms with Crippen molar-refractivity contribution in [2.24, 2.45) is 0 Å². The second kappa shape index (κ2) is 6.11. The van der Waals surface area contributed by atoms with Crippen molar-refractivity contribution < 1.29 is 9.53 Å². The molecule has 0 aromatic heterocycles. The van der Waals surface area contributed by atoms with Crippen LogP contribution in [-0.2, 0) is 9.53 Å². The zero-order valence-corrected chi connectivity index (χ0v) is 11.2. The second-order valence-electron chi connectivity index (χ2n) is 4.39. The summed E-state index contributed by atoms with van der Waals surface area (Å²) in [5.41, 5.74) is 7.05. The van der Waals surface area contributed by atoms with E-state index in [0.717, 1.165) is 18.7 Å². The maximum atomic E-state index is 11.8. The van der Waals surface area contributed by atoms with E-state index in [9.17, 15) is 4.79 Å². The van der Waals surface area contributed by atoms with E-state index < -0.39 is 0 Å². The first-order valence-corrected chi connectivity index (χ1v) is 7.08. The van der Waals surface area contributed by atoms with Gasteiger partial charge >= 0.3 is 0 Å². The molecule has 0 spiro atoms. The Bertz CT molecular complexity index is 425. The van der Waals surface area contributed by atoms with Crippen LogP contribution in [0.3, 0.4) is 0 Å². The maximum absolute atomic E-state index is 11.8. The third-order valence-electron chi connectivity index (χ3n) is 2.91. The summed E-state index contributed by atoms with van der Waals surface area (Å²) in [6.07, 6.45) is 1.27. The standard InChI is InChI=1S/C13H18N2O2S/c1-9-12(5-6-17-9)18-8-13(16)15-11-4-2-3-10(14)7-11/h2-4,7,9,12H,5-6,8,14H2,1H3,(H,15,16). The fraction of sp³-hybridized carbons (Fsp3) is 0.462. The van der Waals surface area contributed by atoms with Crippen molar-refractivity contribution in [2.45, 2.75) is 24.7 Å². The van der Waals surface area contributed by atoms with Crippen LogP contribution in [0.1, 0.15) is 13.3 Å². The average Bonchev–Trinajstić information content (AvgIpc) is 2.72. The highest BCUT2D eigenvalue weighted by atomic mass is 32.2. The van der Waals surface area contributed by atoms with Gasteiger partial charge in [-0.15, -0.1) is 11.8 Å². The van der Waals surface area contributed by atoms with Gasteiger partial charge in [0.2, 0.25) is 5.91 Å². The number of hydrogen-bond acceptors (Lipinski definition) is 4. The molecule has 2 atom stereocenters. The number of benzene rings is 1. The minimum atomic E-state index is 0.00435. The molecule has 1 aromatic carbocycles. The fourth-order valence-corrected chi connectivity index (χ4v) is 2.98. The van der Waals surface area contributed by atoms with E-state index >= 15 is 0 Å². The van der Waals surface area contributed by atoms with Gasteiger partial charge in [0.1, 0.15) is 0 Å². The molecule has 18 heavy (non-hydrogen) atoms. The number of amides is 1. The van der Waals surface area contributed by atoms with Crippen LogP contribution in [0.2, 0.25) is 0 Å². The van der Waals surface area contributed by atoms with Crippen molar-refractivity contribution in [2.75, 3.05) is 23.4 Å². The first-order valence-electron chi connectivity index (χ1n) is 6.04. The van der Waals surface area contributed by atoms with E-state index in [-0.39, 0.29) is 12.0 Å². The van der Waals surface area contributed by atoms with Crippen LogP contribution in [-0.4, -0.2) is 29.6 Å². The molecule has 4 nitrogen and oxygen atoms in total. The summed E-state index contributed by atoms with van der Waals surface area (Å²) in [6.45, 7) is 2.86. The summed E-state index contributed by atoms with van der Waals surface area (Å²) in [6, 6.07) is 7.21. The molecular formula is C13H18N2O2S. The lowest BCUT2D eigenvalue weighted by atomic mass is 10.3. The van der Waals surface area contributed by atoms with Crippen LogP contribution in [0.15, 0.2) is 24.3 Å². The normalized spacial score (nSPS) is 22.9. The summed E-state index contributed by atoms with van der Waals surface area (Å²) >= 11 is 1.66. The van der Waals surface area contributed by atoms with E-state index in [0.29, 0.717) is 16.7 Å². The molecular weight excluding hydrogens is 248 g/mol. The van der Waals surface area contributed by atoms with Gasteiger partial charge in [0, 0.05) is 23.2 Å². The van der Waals surface area contributed by atoms with Crippen molar-refractivity contribution >= 4 is 29.0 Å². The number of thioether (sulfide) groups is 1. The summed E-state index contributed by atoms with van der Waals surface area (Å²) in [7, 11) is 0. The number of ether oxygens (including phenoxy) is 1. The molecule has 1 aliphatic rings. The SMILES string of the molecule is CC1OCCC1SCC(=O)Nc1cccc(N)c1. The Hall–Kier alpha value is -1.20. The number of anilines is 2. The highest BCUT2D eigenvalue weighted by molar-refractivity contribution is 8.00. The molecule has 2 unspecified atom stereocenters. The van der Waals surface area contributed by atoms with Crippen LogP contribution in [0.25, 0.3) is 0 Å². The van der Waals surface area contributed by atoms with Crippen molar-refractivity contribution in [3.63, 3.8) is 0 Å². The highest BCUT2D eigenvalue weighted by Crippen LogP contribution is 2.26. The topological polar surface area (TPSA) is 64.3 Å². The maximum Gasteiger partial charge on any atom is 0.234 e. The van der Waals surface area contributed by atoms with E-state index in [1.165, 1.54) is 0 Å². The van der Waals surface area contributed by atoms with Gasteiger partial charge in [-0.05, 0) is 31.5 Å². The third kappa shape index (κ3) is 3.65. The molecule has 3 N–H and O–H groups in total. The number of rotatable bonds is 4. The highest BCUT2D eigenvalue weighted by Gasteiger charge is 2.25. The Morgan fingerprint density at radius 1 is 1.61 bits per heavy atom. The van der Waals surface area contributed by atoms with Crippen LogP contribution < -0.4 is 11.1 Å². The summed E-state index contributed by atoms with van der Waals surface area (Å²) < 4.78 is 5.46. The van der Waals surface area contributed by atoms with Crippen molar-refractivity contribution in [1.82, 2.24) is 0 Å². The monoisotopic (exact) mass is 266 g/mol. The molecule has 98 valence electrons. The van der Waals surface area contributed by atoms with Gasteiger partial charge in [-0.3, -0.25) is 4.79 Å². The zero-order chi connectivity index (χ0) is 13.0. The molecule has 1 fully saturated rings. The molecule has 0 radical (unpaired) electrons. The van der Waals surface area contributed by atoms with Crippen molar-refractivity contribution in [3.05, 3.63) is 24.3 Å². The quantitative estimate of drug-likeness (QED) is 0.819. The van der Waals surface area contributed by atoms with E-state index in [1.54, 1.807) is 23.9 Å². The largest absolute Gasteiger partial charge is 0.399 e. The Kier molecular flexibility index (Phi) is 4.49. The van der Waals surface area contributed by atoms with Crippen molar-refractivity contribution in [3.8, 4) is 0 Å². The number of carbonyl (C=O) groups is 1. The summed E-state index contributed by atoms with van der Waals surface area (Å²) in [4.78, 5) is 11.8. The first-order chi connectivity index (χ1) is 8.65. The number of nitrogen functional groups attached to an aromatic ring is 1. The minimum Gasteiger partial charge on any atom is -0.399 e. The van der Waals surface area contributed by atoms with Gasteiger partial charge < -0.3 is 15.8 Å². The number of hydrogen-bond donors (Lipinski definition) is 2.